The largest absolute Gasteiger partial charge is 0.481 e. The molecule has 1 spiro atoms. The molecule has 0 bridgehead atoms. The fraction of sp³-hybridized carbons (Fsp3) is 0.448. The highest BCUT2D eigenvalue weighted by atomic mass is 19.1. The fourth-order valence-corrected chi connectivity index (χ4v) is 5.55. The first-order valence-corrected chi connectivity index (χ1v) is 13.1. The van der Waals surface area contributed by atoms with Crippen molar-refractivity contribution >= 4 is 23.5 Å². The molecule has 1 heterocycles. The first-order chi connectivity index (χ1) is 17.8. The summed E-state index contributed by atoms with van der Waals surface area (Å²) in [4.78, 5) is 44.0. The maximum Gasteiger partial charge on any atom is 0.305 e. The standard InChI is InChI=1S/C29H34FN3O4/c1-3-19-13-16-29(17-14-19)32-26(21-9-11-23(30)12-10-21)28(37)33(29)24(4-2)20-5-7-22(8-6-20)27(36)31-18-15-25(34)35/h5-12,19,24H,3-4,13-18H2,1-2H3,(H,31,36)(H,34,35)/t19?,24-,29?/m1/s1. The molecule has 37 heavy (non-hydrogen) atoms. The van der Waals surface area contributed by atoms with Crippen molar-refractivity contribution in [3.8, 4) is 0 Å². The first kappa shape index (κ1) is 26.5. The van der Waals surface area contributed by atoms with Crippen LogP contribution in [-0.2, 0) is 9.59 Å². The van der Waals surface area contributed by atoms with Gasteiger partial charge < -0.3 is 15.3 Å². The highest BCUT2D eigenvalue weighted by molar-refractivity contribution is 6.46. The van der Waals surface area contributed by atoms with Crippen LogP contribution in [-0.4, -0.2) is 45.7 Å². The van der Waals surface area contributed by atoms with E-state index in [4.69, 9.17) is 10.1 Å². The van der Waals surface area contributed by atoms with E-state index in [-0.39, 0.29) is 36.6 Å². The summed E-state index contributed by atoms with van der Waals surface area (Å²) in [5, 5.41) is 11.4. The third-order valence-corrected chi connectivity index (χ3v) is 7.67. The maximum absolute atomic E-state index is 13.9. The second kappa shape index (κ2) is 11.2. The smallest absolute Gasteiger partial charge is 0.305 e. The number of nitrogens with one attached hydrogen (secondary N) is 1. The Labute approximate surface area is 216 Å². The van der Waals surface area contributed by atoms with Gasteiger partial charge in [0.2, 0.25) is 0 Å². The average Bonchev–Trinajstić information content (AvgIpc) is 3.17. The van der Waals surface area contributed by atoms with E-state index < -0.39 is 11.6 Å². The molecule has 8 heteroatoms. The van der Waals surface area contributed by atoms with Crippen molar-refractivity contribution in [3.63, 3.8) is 0 Å². The molecule has 196 valence electrons. The Kier molecular flexibility index (Phi) is 8.05. The van der Waals surface area contributed by atoms with Gasteiger partial charge in [-0.05, 0) is 80.0 Å². The highest BCUT2D eigenvalue weighted by Crippen LogP contribution is 2.47. The van der Waals surface area contributed by atoms with E-state index in [9.17, 15) is 18.8 Å². The maximum atomic E-state index is 13.9. The van der Waals surface area contributed by atoms with Gasteiger partial charge in [-0.1, -0.05) is 32.4 Å². The minimum Gasteiger partial charge on any atom is -0.481 e. The molecular formula is C29H34FN3O4. The number of hydrogen-bond acceptors (Lipinski definition) is 4. The summed E-state index contributed by atoms with van der Waals surface area (Å²) >= 11 is 0. The molecule has 1 aliphatic carbocycles. The van der Waals surface area contributed by atoms with Gasteiger partial charge in [0.25, 0.3) is 11.8 Å². The van der Waals surface area contributed by atoms with E-state index in [0.29, 0.717) is 29.2 Å². The Morgan fingerprint density at radius 1 is 1.11 bits per heavy atom. The summed E-state index contributed by atoms with van der Waals surface area (Å²) < 4.78 is 13.6. The fourth-order valence-electron chi connectivity index (χ4n) is 5.55. The van der Waals surface area contributed by atoms with Crippen molar-refractivity contribution in [1.82, 2.24) is 10.2 Å². The molecular weight excluding hydrogens is 473 g/mol. The Bertz CT molecular complexity index is 1170. The van der Waals surface area contributed by atoms with Gasteiger partial charge in [0.05, 0.1) is 12.5 Å². The summed E-state index contributed by atoms with van der Waals surface area (Å²) in [5.74, 6) is -1.20. The zero-order valence-corrected chi connectivity index (χ0v) is 21.4. The molecule has 2 amide bonds. The Balaban J connectivity index is 1.62. The monoisotopic (exact) mass is 507 g/mol. The molecule has 2 aromatic carbocycles. The molecule has 0 unspecified atom stereocenters. The van der Waals surface area contributed by atoms with Crippen molar-refractivity contribution in [1.29, 1.82) is 0 Å². The van der Waals surface area contributed by atoms with Crippen LogP contribution in [0.15, 0.2) is 53.5 Å². The molecule has 1 saturated carbocycles. The van der Waals surface area contributed by atoms with Crippen LogP contribution in [0.1, 0.15) is 86.3 Å². The minimum absolute atomic E-state index is 0.0561. The molecule has 2 N–H and O–H groups in total. The second-order valence-corrected chi connectivity index (χ2v) is 9.92. The number of carbonyl (C=O) groups is 3. The van der Waals surface area contributed by atoms with E-state index in [1.54, 1.807) is 24.3 Å². The van der Waals surface area contributed by atoms with Crippen LogP contribution in [0.25, 0.3) is 0 Å². The summed E-state index contributed by atoms with van der Waals surface area (Å²) in [7, 11) is 0. The van der Waals surface area contributed by atoms with Gasteiger partial charge in [-0.25, -0.2) is 4.39 Å². The molecule has 1 fully saturated rings. The van der Waals surface area contributed by atoms with E-state index in [1.165, 1.54) is 12.1 Å². The SMILES string of the molecule is CCC1CCC2(CC1)N=C(c1ccc(F)cc1)C(=O)N2[C@H](CC)c1ccc(C(=O)NCCC(=O)O)cc1. The molecule has 1 atom stereocenters. The van der Waals surface area contributed by atoms with Gasteiger partial charge in [-0.15, -0.1) is 0 Å². The number of carboxylic acids is 1. The number of aliphatic imine (C=N–C) groups is 1. The van der Waals surface area contributed by atoms with Crippen molar-refractivity contribution in [2.24, 2.45) is 10.9 Å². The van der Waals surface area contributed by atoms with Crippen molar-refractivity contribution < 1.29 is 23.9 Å². The Morgan fingerprint density at radius 3 is 2.32 bits per heavy atom. The van der Waals surface area contributed by atoms with Gasteiger partial charge in [0, 0.05) is 17.7 Å². The number of carboxylic acid groups (broad SMARTS) is 1. The topological polar surface area (TPSA) is 99.1 Å². The van der Waals surface area contributed by atoms with Crippen LogP contribution in [0.3, 0.4) is 0 Å². The van der Waals surface area contributed by atoms with Gasteiger partial charge in [-0.2, -0.15) is 0 Å². The first-order valence-electron chi connectivity index (χ1n) is 13.1. The zero-order chi connectivity index (χ0) is 26.6. The summed E-state index contributed by atoms with van der Waals surface area (Å²) in [6, 6.07) is 12.8. The number of carbonyl (C=O) groups excluding carboxylic acids is 2. The number of benzene rings is 2. The minimum atomic E-state index is -0.971. The van der Waals surface area contributed by atoms with Crippen LogP contribution in [0.4, 0.5) is 4.39 Å². The van der Waals surface area contributed by atoms with E-state index in [0.717, 1.165) is 37.7 Å². The van der Waals surface area contributed by atoms with Crippen LogP contribution in [0, 0.1) is 11.7 Å². The number of nitrogens with zero attached hydrogens (tertiary/aromatic N) is 2. The van der Waals surface area contributed by atoms with E-state index in [2.05, 4.69) is 12.2 Å². The number of hydrogen-bond donors (Lipinski definition) is 2. The number of amides is 2. The summed E-state index contributed by atoms with van der Waals surface area (Å²) in [5.41, 5.74) is 1.70. The predicted molar refractivity (Wildman–Crippen MR) is 139 cm³/mol. The van der Waals surface area contributed by atoms with Crippen molar-refractivity contribution in [3.05, 3.63) is 71.0 Å². The van der Waals surface area contributed by atoms with Gasteiger partial charge >= 0.3 is 5.97 Å². The van der Waals surface area contributed by atoms with Crippen molar-refractivity contribution in [2.75, 3.05) is 6.54 Å². The van der Waals surface area contributed by atoms with Gasteiger partial charge in [-0.3, -0.25) is 19.4 Å². The average molecular weight is 508 g/mol. The third-order valence-electron chi connectivity index (χ3n) is 7.67. The quantitative estimate of drug-likeness (QED) is 0.493. The second-order valence-electron chi connectivity index (χ2n) is 9.92. The van der Waals surface area contributed by atoms with Gasteiger partial charge in [0.15, 0.2) is 0 Å². The molecule has 1 aliphatic heterocycles. The van der Waals surface area contributed by atoms with Gasteiger partial charge in [0.1, 0.15) is 17.2 Å². The predicted octanol–water partition coefficient (Wildman–Crippen LogP) is 5.11. The van der Waals surface area contributed by atoms with E-state index in [1.807, 2.05) is 24.0 Å². The number of halogens is 1. The Morgan fingerprint density at radius 2 is 1.76 bits per heavy atom. The lowest BCUT2D eigenvalue weighted by Crippen LogP contribution is -2.50. The molecule has 0 radical (unpaired) electrons. The van der Waals surface area contributed by atoms with Crippen molar-refractivity contribution in [2.45, 2.75) is 70.5 Å². The number of rotatable bonds is 9. The Hall–Kier alpha value is -3.55. The lowest BCUT2D eigenvalue weighted by Gasteiger charge is -2.45. The molecule has 4 rings (SSSR count). The third kappa shape index (κ3) is 5.58. The lowest BCUT2D eigenvalue weighted by atomic mass is 9.79. The number of aliphatic carboxylic acids is 1. The highest BCUT2D eigenvalue weighted by Gasteiger charge is 2.51. The van der Waals surface area contributed by atoms with Crippen LogP contribution >= 0.6 is 0 Å². The van der Waals surface area contributed by atoms with Crippen LogP contribution in [0.2, 0.25) is 0 Å². The molecule has 2 aromatic rings. The molecule has 0 aromatic heterocycles. The summed E-state index contributed by atoms with van der Waals surface area (Å²) in [6.45, 7) is 4.29. The molecule has 2 aliphatic rings. The normalized spacial score (nSPS) is 22.1. The van der Waals surface area contributed by atoms with Crippen LogP contribution in [0.5, 0.6) is 0 Å². The summed E-state index contributed by atoms with van der Waals surface area (Å²) in [6.07, 6.45) is 5.17. The molecule has 7 nitrogen and oxygen atoms in total. The van der Waals surface area contributed by atoms with E-state index >= 15 is 0 Å². The van der Waals surface area contributed by atoms with Crippen LogP contribution < -0.4 is 5.32 Å². The zero-order valence-electron chi connectivity index (χ0n) is 21.4. The lowest BCUT2D eigenvalue weighted by molar-refractivity contribution is -0.137. The molecule has 0 saturated heterocycles.